The van der Waals surface area contributed by atoms with Crippen LogP contribution in [0, 0.1) is 5.92 Å². The Kier molecular flexibility index (Phi) is 6.00. The molecule has 0 aliphatic carbocycles. The van der Waals surface area contributed by atoms with Gasteiger partial charge in [0.2, 0.25) is 0 Å². The van der Waals surface area contributed by atoms with E-state index in [9.17, 15) is 0 Å². The van der Waals surface area contributed by atoms with Gasteiger partial charge in [0.15, 0.2) is 0 Å². The maximum atomic E-state index is 4.81. The van der Waals surface area contributed by atoms with Gasteiger partial charge in [-0.25, -0.2) is 4.98 Å². The van der Waals surface area contributed by atoms with Crippen molar-refractivity contribution < 1.29 is 0 Å². The first kappa shape index (κ1) is 16.2. The molecule has 21 heavy (non-hydrogen) atoms. The van der Waals surface area contributed by atoms with E-state index in [2.05, 4.69) is 55.2 Å². The van der Waals surface area contributed by atoms with Crippen molar-refractivity contribution >= 4 is 5.82 Å². The highest BCUT2D eigenvalue weighted by molar-refractivity contribution is 5.42. The molecule has 0 saturated carbocycles. The Morgan fingerprint density at radius 2 is 2.19 bits per heavy atom. The quantitative estimate of drug-likeness (QED) is 0.834. The average Bonchev–Trinajstić information content (AvgIpc) is 2.89. The average molecular weight is 290 g/mol. The number of likely N-dealkylation sites (tertiary alicyclic amines) is 1. The Labute approximate surface area is 129 Å². The molecule has 1 atom stereocenters. The van der Waals surface area contributed by atoms with Crippen molar-refractivity contribution in [2.45, 2.75) is 33.2 Å². The lowest BCUT2D eigenvalue weighted by Gasteiger charge is -2.23. The van der Waals surface area contributed by atoms with Crippen LogP contribution in [-0.4, -0.2) is 50.2 Å². The fourth-order valence-corrected chi connectivity index (χ4v) is 3.04. The van der Waals surface area contributed by atoms with Gasteiger partial charge in [0.1, 0.15) is 5.82 Å². The van der Waals surface area contributed by atoms with Gasteiger partial charge in [-0.1, -0.05) is 13.8 Å². The van der Waals surface area contributed by atoms with Gasteiger partial charge in [-0.3, -0.25) is 0 Å². The molecular weight excluding hydrogens is 260 g/mol. The third-order valence-corrected chi connectivity index (χ3v) is 4.28. The van der Waals surface area contributed by atoms with Crippen LogP contribution in [0.1, 0.15) is 31.5 Å². The summed E-state index contributed by atoms with van der Waals surface area (Å²) in [4.78, 5) is 9.56. The van der Waals surface area contributed by atoms with Crippen molar-refractivity contribution in [1.82, 2.24) is 15.2 Å². The lowest BCUT2D eigenvalue weighted by atomic mass is 10.1. The highest BCUT2D eigenvalue weighted by atomic mass is 15.2. The zero-order valence-electron chi connectivity index (χ0n) is 14.0. The molecule has 0 spiro atoms. The summed E-state index contributed by atoms with van der Waals surface area (Å²) in [6.45, 7) is 9.79. The van der Waals surface area contributed by atoms with Crippen LogP contribution in [-0.2, 0) is 13.0 Å². The van der Waals surface area contributed by atoms with Gasteiger partial charge >= 0.3 is 0 Å². The second kappa shape index (κ2) is 7.76. The lowest BCUT2D eigenvalue weighted by Crippen LogP contribution is -2.28. The molecule has 4 heteroatoms. The van der Waals surface area contributed by atoms with Crippen LogP contribution in [0.15, 0.2) is 12.1 Å². The first-order valence-electron chi connectivity index (χ1n) is 8.22. The molecule has 0 aromatic carbocycles. The van der Waals surface area contributed by atoms with Gasteiger partial charge in [-0.05, 0) is 56.6 Å². The largest absolute Gasteiger partial charge is 0.359 e. The smallest absolute Gasteiger partial charge is 0.128 e. The standard InChI is InChI=1S/C17H30N4/c1-5-16-9-15(11-18-6-2)10-17(19-16)21(4)13-14-7-8-20(3)12-14/h9-10,14,18H,5-8,11-13H2,1-4H3. The molecule has 1 aromatic rings. The van der Waals surface area contributed by atoms with Gasteiger partial charge in [0.25, 0.3) is 0 Å². The van der Waals surface area contributed by atoms with E-state index in [-0.39, 0.29) is 0 Å². The zero-order valence-corrected chi connectivity index (χ0v) is 14.0. The number of nitrogens with zero attached hydrogens (tertiary/aromatic N) is 3. The molecule has 118 valence electrons. The number of rotatable bonds is 7. The Balaban J connectivity index is 2.05. The number of hydrogen-bond donors (Lipinski definition) is 1. The van der Waals surface area contributed by atoms with Crippen molar-refractivity contribution in [2.24, 2.45) is 5.92 Å². The van der Waals surface area contributed by atoms with Gasteiger partial charge in [0, 0.05) is 32.4 Å². The predicted octanol–water partition coefficient (Wildman–Crippen LogP) is 2.14. The lowest BCUT2D eigenvalue weighted by molar-refractivity contribution is 0.395. The van der Waals surface area contributed by atoms with Gasteiger partial charge in [0.05, 0.1) is 0 Å². The van der Waals surface area contributed by atoms with E-state index in [0.717, 1.165) is 37.8 Å². The highest BCUT2D eigenvalue weighted by Gasteiger charge is 2.21. The maximum absolute atomic E-state index is 4.81. The van der Waals surface area contributed by atoms with Crippen molar-refractivity contribution in [3.63, 3.8) is 0 Å². The van der Waals surface area contributed by atoms with Crippen molar-refractivity contribution in [2.75, 3.05) is 45.2 Å². The number of hydrogen-bond acceptors (Lipinski definition) is 4. The minimum Gasteiger partial charge on any atom is -0.359 e. The molecule has 2 rings (SSSR count). The summed E-state index contributed by atoms with van der Waals surface area (Å²) < 4.78 is 0. The number of aromatic nitrogens is 1. The molecule has 1 unspecified atom stereocenters. The first-order chi connectivity index (χ1) is 10.1. The Bertz CT molecular complexity index is 446. The van der Waals surface area contributed by atoms with Gasteiger partial charge in [-0.2, -0.15) is 0 Å². The Morgan fingerprint density at radius 1 is 1.38 bits per heavy atom. The normalized spacial score (nSPS) is 19.1. The third-order valence-electron chi connectivity index (χ3n) is 4.28. The van der Waals surface area contributed by atoms with E-state index < -0.39 is 0 Å². The van der Waals surface area contributed by atoms with Gasteiger partial charge in [-0.15, -0.1) is 0 Å². The Morgan fingerprint density at radius 3 is 2.81 bits per heavy atom. The summed E-state index contributed by atoms with van der Waals surface area (Å²) in [5.41, 5.74) is 2.53. The molecule has 0 radical (unpaired) electrons. The van der Waals surface area contributed by atoms with E-state index in [0.29, 0.717) is 0 Å². The van der Waals surface area contributed by atoms with Crippen LogP contribution < -0.4 is 10.2 Å². The van der Waals surface area contributed by atoms with Crippen LogP contribution in [0.5, 0.6) is 0 Å². The zero-order chi connectivity index (χ0) is 15.2. The number of nitrogens with one attached hydrogen (secondary N) is 1. The monoisotopic (exact) mass is 290 g/mol. The second-order valence-corrected chi connectivity index (χ2v) is 6.26. The fraction of sp³-hybridized carbons (Fsp3) is 0.706. The van der Waals surface area contributed by atoms with Crippen molar-refractivity contribution in [3.8, 4) is 0 Å². The van der Waals surface area contributed by atoms with Crippen LogP contribution in [0.4, 0.5) is 5.82 Å². The maximum Gasteiger partial charge on any atom is 0.128 e. The van der Waals surface area contributed by atoms with Crippen LogP contribution >= 0.6 is 0 Å². The minimum atomic E-state index is 0.768. The number of anilines is 1. The topological polar surface area (TPSA) is 31.4 Å². The number of pyridine rings is 1. The molecular formula is C17H30N4. The van der Waals surface area contributed by atoms with Crippen molar-refractivity contribution in [3.05, 3.63) is 23.4 Å². The molecule has 1 aliphatic rings. The molecule has 0 bridgehead atoms. The Hall–Kier alpha value is -1.13. The fourth-order valence-electron chi connectivity index (χ4n) is 3.04. The van der Waals surface area contributed by atoms with Crippen LogP contribution in [0.3, 0.4) is 0 Å². The summed E-state index contributed by atoms with van der Waals surface area (Å²) in [5, 5.41) is 3.41. The molecule has 1 N–H and O–H groups in total. The molecule has 2 heterocycles. The highest BCUT2D eigenvalue weighted by Crippen LogP contribution is 2.20. The summed E-state index contributed by atoms with van der Waals surface area (Å²) >= 11 is 0. The predicted molar refractivity (Wildman–Crippen MR) is 89.9 cm³/mol. The van der Waals surface area contributed by atoms with E-state index in [1.807, 2.05) is 0 Å². The van der Waals surface area contributed by atoms with Crippen LogP contribution in [0.2, 0.25) is 0 Å². The molecule has 1 aliphatic heterocycles. The summed E-state index contributed by atoms with van der Waals surface area (Å²) in [7, 11) is 4.39. The molecule has 1 aromatic heterocycles. The molecule has 4 nitrogen and oxygen atoms in total. The second-order valence-electron chi connectivity index (χ2n) is 6.26. The first-order valence-corrected chi connectivity index (χ1v) is 8.22. The SMILES string of the molecule is CCNCc1cc(CC)nc(N(C)CC2CCN(C)C2)c1. The summed E-state index contributed by atoms with van der Waals surface area (Å²) in [5.74, 6) is 1.89. The van der Waals surface area contributed by atoms with E-state index in [1.165, 1.54) is 30.8 Å². The van der Waals surface area contributed by atoms with E-state index in [4.69, 9.17) is 4.98 Å². The van der Waals surface area contributed by atoms with E-state index in [1.54, 1.807) is 0 Å². The third kappa shape index (κ3) is 4.68. The van der Waals surface area contributed by atoms with E-state index >= 15 is 0 Å². The molecule has 1 fully saturated rings. The summed E-state index contributed by atoms with van der Waals surface area (Å²) in [6.07, 6.45) is 2.30. The molecule has 0 amide bonds. The van der Waals surface area contributed by atoms with Crippen LogP contribution in [0.25, 0.3) is 0 Å². The van der Waals surface area contributed by atoms with Gasteiger partial charge < -0.3 is 15.1 Å². The summed E-state index contributed by atoms with van der Waals surface area (Å²) in [6, 6.07) is 4.46. The number of aryl methyl sites for hydroxylation is 1. The van der Waals surface area contributed by atoms with Crippen molar-refractivity contribution in [1.29, 1.82) is 0 Å². The minimum absolute atomic E-state index is 0.768. The molecule has 1 saturated heterocycles.